The van der Waals surface area contributed by atoms with Crippen LogP contribution in [-0.4, -0.2) is 0 Å². The molecule has 0 saturated heterocycles. The summed E-state index contributed by atoms with van der Waals surface area (Å²) < 4.78 is 0. The maximum absolute atomic E-state index is 2.47. The van der Waals surface area contributed by atoms with Crippen molar-refractivity contribution in [1.82, 2.24) is 0 Å². The van der Waals surface area contributed by atoms with Gasteiger partial charge >= 0.3 is 0 Å². The lowest BCUT2D eigenvalue weighted by atomic mass is 9.67. The molecule has 2 aromatic rings. The molecule has 2 rings (SSSR count). The molecule has 0 aliphatic rings. The number of rotatable bonds is 3. The van der Waals surface area contributed by atoms with E-state index >= 15 is 0 Å². The van der Waals surface area contributed by atoms with Crippen LogP contribution in [0.25, 0.3) is 0 Å². The Kier molecular flexibility index (Phi) is 7.96. The lowest BCUT2D eigenvalue weighted by molar-refractivity contribution is 0.505. The van der Waals surface area contributed by atoms with Gasteiger partial charge in [0.2, 0.25) is 0 Å². The molecule has 0 aromatic heterocycles. The van der Waals surface area contributed by atoms with Crippen molar-refractivity contribution in [3.05, 3.63) is 69.3 Å². The van der Waals surface area contributed by atoms with Gasteiger partial charge in [0, 0.05) is 0 Å². The predicted molar refractivity (Wildman–Crippen MR) is 159 cm³/mol. The van der Waals surface area contributed by atoms with Crippen LogP contribution in [0.5, 0.6) is 0 Å². The quantitative estimate of drug-likeness (QED) is 0.413. The van der Waals surface area contributed by atoms with Crippen LogP contribution in [0.1, 0.15) is 156 Å². The second kappa shape index (κ2) is 9.39. The Labute approximate surface area is 219 Å². The third-order valence-electron chi connectivity index (χ3n) is 7.40. The summed E-state index contributed by atoms with van der Waals surface area (Å²) in [6, 6.07) is 11.9. The van der Waals surface area contributed by atoms with Crippen LogP contribution >= 0.6 is 0 Å². The highest BCUT2D eigenvalue weighted by Crippen LogP contribution is 2.44. The summed E-state index contributed by atoms with van der Waals surface area (Å²) in [6.07, 6.45) is 1.07. The SMILES string of the molecule is CC(Cc1c(C(C)(C)C)ccc(C(C)(C)C)c1C(C)(C)C)c1c(C(C)(C)C)cccc1C(C)(C)C. The second-order valence-electron chi connectivity index (χ2n) is 16.1. The molecule has 0 nitrogen and oxygen atoms in total. The van der Waals surface area contributed by atoms with E-state index in [2.05, 4.69) is 141 Å². The minimum absolute atomic E-state index is 0.0787. The van der Waals surface area contributed by atoms with Gasteiger partial charge in [0.1, 0.15) is 0 Å². The van der Waals surface area contributed by atoms with E-state index in [1.807, 2.05) is 0 Å². The molecule has 0 aliphatic carbocycles. The molecule has 0 heteroatoms. The molecule has 2 aromatic carbocycles. The lowest BCUT2D eigenvalue weighted by Gasteiger charge is -2.38. The van der Waals surface area contributed by atoms with Crippen molar-refractivity contribution in [2.75, 3.05) is 0 Å². The number of benzene rings is 2. The Morgan fingerprint density at radius 1 is 0.486 bits per heavy atom. The first kappa shape index (κ1) is 29.7. The molecule has 196 valence electrons. The third kappa shape index (κ3) is 6.61. The van der Waals surface area contributed by atoms with Crippen molar-refractivity contribution in [3.63, 3.8) is 0 Å². The molecule has 1 unspecified atom stereocenters. The topological polar surface area (TPSA) is 0 Å². The Hall–Kier alpha value is -1.56. The van der Waals surface area contributed by atoms with Crippen LogP contribution in [0.2, 0.25) is 0 Å². The van der Waals surface area contributed by atoms with Crippen molar-refractivity contribution in [3.8, 4) is 0 Å². The van der Waals surface area contributed by atoms with E-state index in [-0.39, 0.29) is 27.1 Å². The smallest absolute Gasteiger partial charge is 0.0126 e. The molecule has 0 fully saturated rings. The van der Waals surface area contributed by atoms with Crippen LogP contribution in [0, 0.1) is 0 Å². The minimum atomic E-state index is 0.0787. The van der Waals surface area contributed by atoms with E-state index in [0.29, 0.717) is 5.92 Å². The Bertz CT molecular complexity index is 996. The Morgan fingerprint density at radius 2 is 0.857 bits per heavy atom. The Morgan fingerprint density at radius 3 is 1.20 bits per heavy atom. The molecule has 35 heavy (non-hydrogen) atoms. The fraction of sp³-hybridized carbons (Fsp3) is 0.657. The molecule has 0 spiro atoms. The van der Waals surface area contributed by atoms with Crippen molar-refractivity contribution < 1.29 is 0 Å². The highest BCUT2D eigenvalue weighted by molar-refractivity contribution is 5.52. The van der Waals surface area contributed by atoms with Gasteiger partial charge in [-0.15, -0.1) is 0 Å². The summed E-state index contributed by atoms with van der Waals surface area (Å²) in [5, 5.41) is 0. The molecule has 0 heterocycles. The average molecular weight is 477 g/mol. The van der Waals surface area contributed by atoms with Crippen molar-refractivity contribution in [2.24, 2.45) is 0 Å². The lowest BCUT2D eigenvalue weighted by Crippen LogP contribution is -2.28. The summed E-state index contributed by atoms with van der Waals surface area (Å²) in [5.41, 5.74) is 11.2. The molecule has 0 N–H and O–H groups in total. The van der Waals surface area contributed by atoms with Crippen LogP contribution in [-0.2, 0) is 33.5 Å². The van der Waals surface area contributed by atoms with Gasteiger partial charge in [-0.2, -0.15) is 0 Å². The summed E-state index contributed by atoms with van der Waals surface area (Å²) in [7, 11) is 0. The molecule has 0 bridgehead atoms. The van der Waals surface area contributed by atoms with Gasteiger partial charge in [0.05, 0.1) is 0 Å². The van der Waals surface area contributed by atoms with Gasteiger partial charge < -0.3 is 0 Å². The molecule has 0 amide bonds. The fourth-order valence-corrected chi connectivity index (χ4v) is 5.86. The van der Waals surface area contributed by atoms with E-state index in [9.17, 15) is 0 Å². The predicted octanol–water partition coefficient (Wildman–Crippen LogP) is 10.5. The zero-order chi connectivity index (χ0) is 27.4. The van der Waals surface area contributed by atoms with Gasteiger partial charge in [-0.3, -0.25) is 0 Å². The zero-order valence-electron chi connectivity index (χ0n) is 26.2. The largest absolute Gasteiger partial charge is 0.0617 e. The molecule has 0 saturated carbocycles. The minimum Gasteiger partial charge on any atom is -0.0617 e. The monoisotopic (exact) mass is 476 g/mol. The average Bonchev–Trinajstić information content (AvgIpc) is 2.63. The van der Waals surface area contributed by atoms with E-state index in [1.165, 1.54) is 22.3 Å². The van der Waals surface area contributed by atoms with E-state index in [4.69, 9.17) is 0 Å². The van der Waals surface area contributed by atoms with E-state index < -0.39 is 0 Å². The van der Waals surface area contributed by atoms with Gasteiger partial charge in [-0.05, 0) is 78.4 Å². The molecule has 1 atom stereocenters. The second-order valence-corrected chi connectivity index (χ2v) is 16.1. The van der Waals surface area contributed by atoms with E-state index in [1.54, 1.807) is 16.7 Å². The summed E-state index contributed by atoms with van der Waals surface area (Å²) in [4.78, 5) is 0. The van der Waals surface area contributed by atoms with Crippen LogP contribution in [0.15, 0.2) is 30.3 Å². The highest BCUT2D eigenvalue weighted by Gasteiger charge is 2.34. The molecular formula is C35H56. The third-order valence-corrected chi connectivity index (χ3v) is 7.40. The molecular weight excluding hydrogens is 420 g/mol. The maximum Gasteiger partial charge on any atom is -0.0126 e. The van der Waals surface area contributed by atoms with Crippen LogP contribution < -0.4 is 0 Å². The maximum atomic E-state index is 2.47. The fourth-order valence-electron chi connectivity index (χ4n) is 5.86. The zero-order valence-corrected chi connectivity index (χ0v) is 26.2. The standard InChI is InChI=1S/C35H56/c1-23(29-26(32(5,6)7)18-17-19-27(29)33(8,9)10)22-24-25(31(2,3)4)20-21-28(34(11,12)13)30(24)35(14,15)16/h17-21,23H,22H2,1-16H3. The first-order valence-corrected chi connectivity index (χ1v) is 13.8. The first-order valence-electron chi connectivity index (χ1n) is 13.8. The number of hydrogen-bond acceptors (Lipinski definition) is 0. The molecule has 0 aliphatic heterocycles. The van der Waals surface area contributed by atoms with Gasteiger partial charge in [0.25, 0.3) is 0 Å². The van der Waals surface area contributed by atoms with Gasteiger partial charge in [0.15, 0.2) is 0 Å². The van der Waals surface area contributed by atoms with Crippen molar-refractivity contribution in [1.29, 1.82) is 0 Å². The van der Waals surface area contributed by atoms with Crippen LogP contribution in [0.3, 0.4) is 0 Å². The summed E-state index contributed by atoms with van der Waals surface area (Å²) in [5.74, 6) is 0.428. The van der Waals surface area contributed by atoms with Crippen LogP contribution in [0.4, 0.5) is 0 Å². The van der Waals surface area contributed by atoms with Gasteiger partial charge in [-0.1, -0.05) is 141 Å². The summed E-state index contributed by atoms with van der Waals surface area (Å²) in [6.45, 7) is 38.1. The van der Waals surface area contributed by atoms with Gasteiger partial charge in [-0.25, -0.2) is 0 Å². The van der Waals surface area contributed by atoms with Crippen molar-refractivity contribution >= 4 is 0 Å². The normalized spacial score (nSPS) is 14.9. The summed E-state index contributed by atoms with van der Waals surface area (Å²) >= 11 is 0. The number of hydrogen-bond donors (Lipinski definition) is 0. The van der Waals surface area contributed by atoms with Crippen molar-refractivity contribution in [2.45, 2.75) is 150 Å². The first-order chi connectivity index (χ1) is 15.5. The Balaban J connectivity index is 2.93. The highest BCUT2D eigenvalue weighted by atomic mass is 14.4. The molecule has 0 radical (unpaired) electrons. The van der Waals surface area contributed by atoms with E-state index in [0.717, 1.165) is 6.42 Å².